The Hall–Kier alpha value is -3.22. The molecule has 0 radical (unpaired) electrons. The standard InChI is InChI=1S/C25H27N5O/c1-29-14-16-30(17-15-29)13-12-26-24-22-21(19-8-4-2-5-9-19)23(20-10-6-3-7-11-20)31-25(22)28-18-27-24/h2-11,18H,12-17H2,1H3,(H,26,27,28). The summed E-state index contributed by atoms with van der Waals surface area (Å²) in [5.74, 6) is 1.65. The molecule has 6 heteroatoms. The van der Waals surface area contributed by atoms with E-state index < -0.39 is 0 Å². The monoisotopic (exact) mass is 413 g/mol. The molecule has 4 aromatic rings. The summed E-state index contributed by atoms with van der Waals surface area (Å²) in [6.45, 7) is 6.28. The normalized spacial score (nSPS) is 15.4. The Bertz CT molecular complexity index is 1130. The van der Waals surface area contributed by atoms with Crippen LogP contribution in [0.4, 0.5) is 5.82 Å². The topological polar surface area (TPSA) is 57.4 Å². The number of rotatable bonds is 6. The van der Waals surface area contributed by atoms with Gasteiger partial charge in [-0.3, -0.25) is 4.90 Å². The van der Waals surface area contributed by atoms with Crippen LogP contribution in [0.25, 0.3) is 33.6 Å². The van der Waals surface area contributed by atoms with E-state index in [-0.39, 0.29) is 0 Å². The van der Waals surface area contributed by atoms with Gasteiger partial charge in [-0.2, -0.15) is 0 Å². The Morgan fingerprint density at radius 1 is 0.871 bits per heavy atom. The van der Waals surface area contributed by atoms with Gasteiger partial charge in [0.15, 0.2) is 0 Å². The summed E-state index contributed by atoms with van der Waals surface area (Å²) in [5, 5.41) is 4.49. The lowest BCUT2D eigenvalue weighted by Gasteiger charge is -2.32. The van der Waals surface area contributed by atoms with Gasteiger partial charge in [-0.1, -0.05) is 60.7 Å². The highest BCUT2D eigenvalue weighted by Gasteiger charge is 2.22. The highest BCUT2D eigenvalue weighted by Crippen LogP contribution is 2.42. The maximum absolute atomic E-state index is 6.28. The van der Waals surface area contributed by atoms with Crippen molar-refractivity contribution >= 4 is 16.9 Å². The SMILES string of the molecule is CN1CCN(CCNc2ncnc3oc(-c4ccccc4)c(-c4ccccc4)c23)CC1. The minimum Gasteiger partial charge on any atom is -0.437 e. The number of likely N-dealkylation sites (N-methyl/N-ethyl adjacent to an activating group) is 1. The molecule has 0 atom stereocenters. The highest BCUT2D eigenvalue weighted by atomic mass is 16.3. The average Bonchev–Trinajstić information content (AvgIpc) is 3.22. The van der Waals surface area contributed by atoms with Crippen LogP contribution in [0.3, 0.4) is 0 Å². The summed E-state index contributed by atoms with van der Waals surface area (Å²) in [5.41, 5.74) is 3.76. The van der Waals surface area contributed by atoms with Crippen molar-refractivity contribution in [3.8, 4) is 22.5 Å². The van der Waals surface area contributed by atoms with Crippen LogP contribution >= 0.6 is 0 Å². The Morgan fingerprint density at radius 2 is 1.55 bits per heavy atom. The number of hydrogen-bond donors (Lipinski definition) is 1. The van der Waals surface area contributed by atoms with Crippen LogP contribution in [0, 0.1) is 0 Å². The molecule has 0 spiro atoms. The zero-order valence-electron chi connectivity index (χ0n) is 17.8. The number of anilines is 1. The van der Waals surface area contributed by atoms with Crippen molar-refractivity contribution in [2.75, 3.05) is 51.6 Å². The molecule has 1 aliphatic rings. The number of benzene rings is 2. The molecule has 1 saturated heterocycles. The van der Waals surface area contributed by atoms with Gasteiger partial charge in [0.2, 0.25) is 5.71 Å². The molecule has 0 unspecified atom stereocenters. The number of nitrogens with zero attached hydrogens (tertiary/aromatic N) is 4. The van der Waals surface area contributed by atoms with Gasteiger partial charge in [-0.15, -0.1) is 0 Å². The fraction of sp³-hybridized carbons (Fsp3) is 0.280. The van der Waals surface area contributed by atoms with Gasteiger partial charge in [0.25, 0.3) is 0 Å². The molecule has 2 aromatic carbocycles. The summed E-state index contributed by atoms with van der Waals surface area (Å²) in [6.07, 6.45) is 1.58. The van der Waals surface area contributed by atoms with Crippen LogP contribution in [0.15, 0.2) is 71.4 Å². The Labute approximate surface area is 182 Å². The van der Waals surface area contributed by atoms with Crippen LogP contribution < -0.4 is 5.32 Å². The van der Waals surface area contributed by atoms with Crippen molar-refractivity contribution in [1.29, 1.82) is 0 Å². The maximum atomic E-state index is 6.28. The summed E-state index contributed by atoms with van der Waals surface area (Å²) in [7, 11) is 2.18. The number of piperazine rings is 1. The number of fused-ring (bicyclic) bond motifs is 1. The van der Waals surface area contributed by atoms with Crippen LogP contribution in [-0.4, -0.2) is 66.1 Å². The van der Waals surface area contributed by atoms with Crippen LogP contribution in [-0.2, 0) is 0 Å². The molecule has 0 amide bonds. The van der Waals surface area contributed by atoms with Crippen molar-refractivity contribution in [2.45, 2.75) is 0 Å². The smallest absolute Gasteiger partial charge is 0.232 e. The summed E-state index contributed by atoms with van der Waals surface area (Å²) < 4.78 is 6.28. The third-order valence-corrected chi connectivity index (χ3v) is 5.90. The Morgan fingerprint density at radius 3 is 2.26 bits per heavy atom. The van der Waals surface area contributed by atoms with E-state index in [9.17, 15) is 0 Å². The second-order valence-electron chi connectivity index (χ2n) is 8.01. The first kappa shape index (κ1) is 19.7. The fourth-order valence-electron chi connectivity index (χ4n) is 4.14. The first-order valence-corrected chi connectivity index (χ1v) is 10.8. The van der Waals surface area contributed by atoms with Crippen molar-refractivity contribution in [1.82, 2.24) is 19.8 Å². The van der Waals surface area contributed by atoms with Gasteiger partial charge in [-0.05, 0) is 12.6 Å². The van der Waals surface area contributed by atoms with Crippen molar-refractivity contribution in [2.24, 2.45) is 0 Å². The largest absolute Gasteiger partial charge is 0.437 e. The fourth-order valence-corrected chi connectivity index (χ4v) is 4.14. The maximum Gasteiger partial charge on any atom is 0.232 e. The number of aromatic nitrogens is 2. The van der Waals surface area contributed by atoms with Gasteiger partial charge in [0.1, 0.15) is 17.9 Å². The lowest BCUT2D eigenvalue weighted by atomic mass is 9.99. The van der Waals surface area contributed by atoms with Crippen LogP contribution in [0.1, 0.15) is 0 Å². The second-order valence-corrected chi connectivity index (χ2v) is 8.01. The summed E-state index contributed by atoms with van der Waals surface area (Å²) >= 11 is 0. The molecule has 5 rings (SSSR count). The molecule has 0 bridgehead atoms. The summed E-state index contributed by atoms with van der Waals surface area (Å²) in [6, 6.07) is 20.5. The minimum atomic E-state index is 0.606. The zero-order valence-corrected chi connectivity index (χ0v) is 17.8. The van der Waals surface area contributed by atoms with E-state index >= 15 is 0 Å². The van der Waals surface area contributed by atoms with Gasteiger partial charge in [0.05, 0.1) is 5.39 Å². The van der Waals surface area contributed by atoms with Crippen molar-refractivity contribution in [3.63, 3.8) is 0 Å². The molecule has 31 heavy (non-hydrogen) atoms. The molecule has 2 aromatic heterocycles. The van der Waals surface area contributed by atoms with Crippen LogP contribution in [0.2, 0.25) is 0 Å². The van der Waals surface area contributed by atoms with E-state index in [2.05, 4.69) is 56.4 Å². The van der Waals surface area contributed by atoms with Gasteiger partial charge >= 0.3 is 0 Å². The molecule has 1 aliphatic heterocycles. The molecule has 0 aliphatic carbocycles. The molecule has 1 N–H and O–H groups in total. The van der Waals surface area contributed by atoms with Crippen molar-refractivity contribution in [3.05, 3.63) is 67.0 Å². The average molecular weight is 414 g/mol. The molecule has 158 valence electrons. The Kier molecular flexibility index (Phi) is 5.65. The van der Waals surface area contributed by atoms with E-state index in [0.29, 0.717) is 5.71 Å². The zero-order chi connectivity index (χ0) is 21.0. The molecule has 0 saturated carbocycles. The molecular formula is C25H27N5O. The van der Waals surface area contributed by atoms with E-state index in [1.807, 2.05) is 36.4 Å². The predicted molar refractivity (Wildman–Crippen MR) is 125 cm³/mol. The van der Waals surface area contributed by atoms with Crippen LogP contribution in [0.5, 0.6) is 0 Å². The molecule has 6 nitrogen and oxygen atoms in total. The van der Waals surface area contributed by atoms with E-state index in [1.54, 1.807) is 6.33 Å². The summed E-state index contributed by atoms with van der Waals surface area (Å²) in [4.78, 5) is 13.9. The Balaban J connectivity index is 1.50. The van der Waals surface area contributed by atoms with E-state index in [4.69, 9.17) is 4.42 Å². The number of nitrogens with one attached hydrogen (secondary N) is 1. The van der Waals surface area contributed by atoms with E-state index in [0.717, 1.165) is 72.9 Å². The first-order chi connectivity index (χ1) is 15.3. The first-order valence-electron chi connectivity index (χ1n) is 10.8. The third kappa shape index (κ3) is 4.17. The quantitative estimate of drug-likeness (QED) is 0.511. The molecule has 1 fully saturated rings. The number of furan rings is 1. The second kappa shape index (κ2) is 8.88. The van der Waals surface area contributed by atoms with Gasteiger partial charge < -0.3 is 14.6 Å². The van der Waals surface area contributed by atoms with E-state index in [1.165, 1.54) is 0 Å². The predicted octanol–water partition coefficient (Wildman–Crippen LogP) is 4.22. The minimum absolute atomic E-state index is 0.606. The molecular weight excluding hydrogens is 386 g/mol. The highest BCUT2D eigenvalue weighted by molar-refractivity contribution is 6.05. The lowest BCUT2D eigenvalue weighted by Crippen LogP contribution is -2.45. The number of hydrogen-bond acceptors (Lipinski definition) is 6. The van der Waals surface area contributed by atoms with Gasteiger partial charge in [0, 0.05) is 50.4 Å². The lowest BCUT2D eigenvalue weighted by molar-refractivity contribution is 0.158. The third-order valence-electron chi connectivity index (χ3n) is 5.90. The molecule has 3 heterocycles. The van der Waals surface area contributed by atoms with Gasteiger partial charge in [-0.25, -0.2) is 9.97 Å². The van der Waals surface area contributed by atoms with Crippen molar-refractivity contribution < 1.29 is 4.42 Å².